The molecule has 2 aliphatic heterocycles. The fraction of sp³-hybridized carbons (Fsp3) is 0.611. The van der Waals surface area contributed by atoms with E-state index in [4.69, 9.17) is 19.2 Å². The molecule has 2 heterocycles. The maximum Gasteiger partial charge on any atom is 0.191 e. The normalized spacial score (nSPS) is 25.6. The van der Waals surface area contributed by atoms with Crippen LogP contribution < -0.4 is 20.1 Å². The van der Waals surface area contributed by atoms with Crippen molar-refractivity contribution in [3.05, 3.63) is 23.8 Å². The van der Waals surface area contributed by atoms with Gasteiger partial charge in [0.05, 0.1) is 39.0 Å². The Bertz CT molecular complexity index is 591. The Labute approximate surface area is 143 Å². The summed E-state index contributed by atoms with van der Waals surface area (Å²) in [5.74, 6) is 2.29. The first-order valence-corrected chi connectivity index (χ1v) is 8.65. The second-order valence-electron chi connectivity index (χ2n) is 6.21. The molecule has 3 unspecified atom stereocenters. The van der Waals surface area contributed by atoms with E-state index >= 15 is 0 Å². The number of methoxy groups -OCH3 is 2. The van der Waals surface area contributed by atoms with Crippen molar-refractivity contribution in [1.29, 1.82) is 0 Å². The summed E-state index contributed by atoms with van der Waals surface area (Å²) in [6.45, 7) is 3.42. The highest BCUT2D eigenvalue weighted by atomic mass is 16.5. The summed E-state index contributed by atoms with van der Waals surface area (Å²) in [7, 11) is 3.30. The van der Waals surface area contributed by atoms with Crippen LogP contribution in [0.15, 0.2) is 23.2 Å². The highest BCUT2D eigenvalue weighted by Gasteiger charge is 2.41. The van der Waals surface area contributed by atoms with Crippen LogP contribution in [0.2, 0.25) is 0 Å². The Morgan fingerprint density at radius 2 is 2.17 bits per heavy atom. The van der Waals surface area contributed by atoms with Gasteiger partial charge in [-0.25, -0.2) is 4.99 Å². The van der Waals surface area contributed by atoms with E-state index < -0.39 is 0 Å². The summed E-state index contributed by atoms with van der Waals surface area (Å²) < 4.78 is 16.7. The number of rotatable bonds is 6. The first-order valence-electron chi connectivity index (χ1n) is 8.65. The molecule has 2 fully saturated rings. The van der Waals surface area contributed by atoms with Crippen molar-refractivity contribution in [3.8, 4) is 11.5 Å². The fourth-order valence-corrected chi connectivity index (χ4v) is 3.53. The van der Waals surface area contributed by atoms with Crippen molar-refractivity contribution in [2.75, 3.05) is 20.8 Å². The number of fused-ring (bicyclic) bond motifs is 2. The number of guanidine groups is 1. The summed E-state index contributed by atoms with van der Waals surface area (Å²) >= 11 is 0. The minimum Gasteiger partial charge on any atom is -0.493 e. The molecule has 2 aliphatic rings. The van der Waals surface area contributed by atoms with E-state index in [1.807, 2.05) is 18.2 Å². The van der Waals surface area contributed by atoms with Crippen molar-refractivity contribution < 1.29 is 14.2 Å². The molecule has 3 atom stereocenters. The molecule has 0 aliphatic carbocycles. The SMILES string of the molecule is CCNC(=NCc1cccc(OC)c1OC)NC1CC2CCC1O2. The zero-order valence-corrected chi connectivity index (χ0v) is 14.7. The van der Waals surface area contributed by atoms with E-state index in [0.717, 1.165) is 42.4 Å². The number of ether oxygens (including phenoxy) is 3. The van der Waals surface area contributed by atoms with Crippen LogP contribution in [0, 0.1) is 0 Å². The molecule has 0 saturated carbocycles. The fourth-order valence-electron chi connectivity index (χ4n) is 3.53. The lowest BCUT2D eigenvalue weighted by atomic mass is 9.96. The highest BCUT2D eigenvalue weighted by Crippen LogP contribution is 2.34. The molecule has 2 saturated heterocycles. The number of hydrogen-bond acceptors (Lipinski definition) is 4. The zero-order chi connectivity index (χ0) is 16.9. The Hall–Kier alpha value is -1.95. The van der Waals surface area contributed by atoms with E-state index in [0.29, 0.717) is 24.8 Å². The van der Waals surface area contributed by atoms with Crippen LogP contribution in [0.5, 0.6) is 11.5 Å². The van der Waals surface area contributed by atoms with Crippen LogP contribution in [0.4, 0.5) is 0 Å². The number of hydrogen-bond donors (Lipinski definition) is 2. The van der Waals surface area contributed by atoms with Crippen molar-refractivity contribution in [1.82, 2.24) is 10.6 Å². The van der Waals surface area contributed by atoms with Gasteiger partial charge in [0.1, 0.15) is 0 Å². The van der Waals surface area contributed by atoms with Crippen molar-refractivity contribution >= 4 is 5.96 Å². The largest absolute Gasteiger partial charge is 0.493 e. The number of benzene rings is 1. The lowest BCUT2D eigenvalue weighted by molar-refractivity contribution is 0.0992. The van der Waals surface area contributed by atoms with Gasteiger partial charge in [-0.1, -0.05) is 12.1 Å². The maximum absolute atomic E-state index is 5.91. The zero-order valence-electron chi connectivity index (χ0n) is 14.7. The van der Waals surface area contributed by atoms with Gasteiger partial charge in [0, 0.05) is 12.1 Å². The van der Waals surface area contributed by atoms with Crippen LogP contribution in [0.3, 0.4) is 0 Å². The number of aliphatic imine (C=N–C) groups is 1. The summed E-state index contributed by atoms with van der Waals surface area (Å²) in [5.41, 5.74) is 0.998. The Morgan fingerprint density at radius 3 is 2.79 bits per heavy atom. The minimum absolute atomic E-state index is 0.324. The molecule has 3 rings (SSSR count). The quantitative estimate of drug-likeness (QED) is 0.616. The monoisotopic (exact) mass is 333 g/mol. The molecular formula is C18H27N3O3. The number of nitrogens with zero attached hydrogens (tertiary/aromatic N) is 1. The summed E-state index contributed by atoms with van der Waals surface area (Å²) in [5, 5.41) is 6.84. The first-order chi connectivity index (χ1) is 11.7. The van der Waals surface area contributed by atoms with Crippen LogP contribution in [0.1, 0.15) is 31.7 Å². The lowest BCUT2D eigenvalue weighted by Gasteiger charge is -2.22. The molecule has 132 valence electrons. The lowest BCUT2D eigenvalue weighted by Crippen LogP contribution is -2.47. The predicted octanol–water partition coefficient (Wildman–Crippen LogP) is 2.08. The third-order valence-corrected chi connectivity index (χ3v) is 4.66. The molecule has 6 nitrogen and oxygen atoms in total. The van der Waals surface area contributed by atoms with E-state index in [2.05, 4.69) is 17.6 Å². The maximum atomic E-state index is 5.91. The molecule has 6 heteroatoms. The van der Waals surface area contributed by atoms with Gasteiger partial charge in [0.15, 0.2) is 17.5 Å². The average molecular weight is 333 g/mol. The molecule has 2 N–H and O–H groups in total. The Morgan fingerprint density at radius 1 is 1.29 bits per heavy atom. The van der Waals surface area contributed by atoms with E-state index in [1.54, 1.807) is 14.2 Å². The highest BCUT2D eigenvalue weighted by molar-refractivity contribution is 5.80. The van der Waals surface area contributed by atoms with Crippen LogP contribution >= 0.6 is 0 Å². The predicted molar refractivity (Wildman–Crippen MR) is 93.8 cm³/mol. The molecule has 24 heavy (non-hydrogen) atoms. The van der Waals surface area contributed by atoms with Gasteiger partial charge >= 0.3 is 0 Å². The van der Waals surface area contributed by atoms with E-state index in [1.165, 1.54) is 6.42 Å². The van der Waals surface area contributed by atoms with E-state index in [9.17, 15) is 0 Å². The van der Waals surface area contributed by atoms with Gasteiger partial charge in [-0.15, -0.1) is 0 Å². The van der Waals surface area contributed by atoms with Crippen molar-refractivity contribution in [2.24, 2.45) is 4.99 Å². The Balaban J connectivity index is 1.70. The van der Waals surface area contributed by atoms with Crippen molar-refractivity contribution in [2.45, 2.75) is 51.0 Å². The average Bonchev–Trinajstić information content (AvgIpc) is 3.22. The van der Waals surface area contributed by atoms with Gasteiger partial charge in [0.2, 0.25) is 0 Å². The minimum atomic E-state index is 0.324. The molecule has 0 aromatic heterocycles. The Kier molecular flexibility index (Phi) is 5.45. The van der Waals surface area contributed by atoms with Crippen LogP contribution in [-0.4, -0.2) is 45.0 Å². The van der Waals surface area contributed by atoms with Gasteiger partial charge in [-0.3, -0.25) is 0 Å². The molecule has 0 amide bonds. The number of nitrogens with one attached hydrogen (secondary N) is 2. The molecule has 0 spiro atoms. The summed E-state index contributed by atoms with van der Waals surface area (Å²) in [4.78, 5) is 4.72. The van der Waals surface area contributed by atoms with Gasteiger partial charge < -0.3 is 24.8 Å². The second-order valence-corrected chi connectivity index (χ2v) is 6.21. The number of para-hydroxylation sites is 1. The third kappa shape index (κ3) is 3.59. The van der Waals surface area contributed by atoms with Gasteiger partial charge in [-0.2, -0.15) is 0 Å². The third-order valence-electron chi connectivity index (χ3n) is 4.66. The molecule has 1 aromatic carbocycles. The van der Waals surface area contributed by atoms with Crippen molar-refractivity contribution in [3.63, 3.8) is 0 Å². The molecule has 1 aromatic rings. The van der Waals surface area contributed by atoms with Gasteiger partial charge in [-0.05, 0) is 32.3 Å². The topological polar surface area (TPSA) is 64.1 Å². The van der Waals surface area contributed by atoms with Gasteiger partial charge in [0.25, 0.3) is 0 Å². The molecule has 2 bridgehead atoms. The van der Waals surface area contributed by atoms with Crippen LogP contribution in [-0.2, 0) is 11.3 Å². The molecular weight excluding hydrogens is 306 g/mol. The summed E-state index contributed by atoms with van der Waals surface area (Å²) in [6.07, 6.45) is 4.15. The smallest absolute Gasteiger partial charge is 0.191 e. The second kappa shape index (κ2) is 7.75. The first kappa shape index (κ1) is 16.9. The van der Waals surface area contributed by atoms with Crippen LogP contribution in [0.25, 0.3) is 0 Å². The standard InChI is InChI=1S/C18H27N3O3/c1-4-19-18(21-14-10-13-8-9-15(14)24-13)20-11-12-6-5-7-16(22-2)17(12)23-3/h5-7,13-15H,4,8-11H2,1-3H3,(H2,19,20,21). The summed E-state index contributed by atoms with van der Waals surface area (Å²) in [6, 6.07) is 6.21. The molecule has 0 radical (unpaired) electrons. The van der Waals surface area contributed by atoms with E-state index in [-0.39, 0.29) is 0 Å².